The number of nitriles is 1. The van der Waals surface area contributed by atoms with Gasteiger partial charge in [0.1, 0.15) is 0 Å². The van der Waals surface area contributed by atoms with Crippen LogP contribution in [0.4, 0.5) is 0 Å². The molecule has 21 heavy (non-hydrogen) atoms. The van der Waals surface area contributed by atoms with Crippen LogP contribution in [0.15, 0.2) is 46.9 Å². The van der Waals surface area contributed by atoms with Gasteiger partial charge in [-0.15, -0.1) is 21.5 Å². The molecule has 0 saturated carbocycles. The Hall–Kier alpha value is -2.10. The second-order valence-corrected chi connectivity index (χ2v) is 6.33. The van der Waals surface area contributed by atoms with Gasteiger partial charge in [0, 0.05) is 12.8 Å². The highest BCUT2D eigenvalue weighted by atomic mass is 32.2. The lowest BCUT2D eigenvalue weighted by Gasteiger charge is -2.03. The van der Waals surface area contributed by atoms with Crippen LogP contribution < -0.4 is 0 Å². The molecule has 0 aliphatic carbocycles. The van der Waals surface area contributed by atoms with E-state index in [0.29, 0.717) is 5.56 Å². The van der Waals surface area contributed by atoms with Crippen LogP contribution in [-0.4, -0.2) is 14.8 Å². The summed E-state index contributed by atoms with van der Waals surface area (Å²) in [7, 11) is 1.98. The number of hydrogen-bond acceptors (Lipinski definition) is 5. The number of hydrogen-bond donors (Lipinski definition) is 0. The normalized spacial score (nSPS) is 10.5. The fraction of sp³-hybridized carbons (Fsp3) is 0.133. The third-order valence-electron chi connectivity index (χ3n) is 3.00. The van der Waals surface area contributed by atoms with Gasteiger partial charge in [-0.05, 0) is 29.1 Å². The van der Waals surface area contributed by atoms with E-state index in [9.17, 15) is 0 Å². The fourth-order valence-corrected chi connectivity index (χ4v) is 3.54. The van der Waals surface area contributed by atoms with Crippen molar-refractivity contribution in [3.05, 3.63) is 52.9 Å². The summed E-state index contributed by atoms with van der Waals surface area (Å²) in [5.74, 6) is 1.66. The van der Waals surface area contributed by atoms with Crippen LogP contribution in [0.25, 0.3) is 10.7 Å². The maximum atomic E-state index is 8.92. The Morgan fingerprint density at radius 1 is 1.29 bits per heavy atom. The third-order valence-corrected chi connectivity index (χ3v) is 4.96. The first kappa shape index (κ1) is 13.9. The molecule has 3 rings (SSSR count). The van der Waals surface area contributed by atoms with E-state index < -0.39 is 0 Å². The van der Waals surface area contributed by atoms with Gasteiger partial charge >= 0.3 is 0 Å². The van der Waals surface area contributed by atoms with Crippen LogP contribution in [0.2, 0.25) is 0 Å². The van der Waals surface area contributed by atoms with Crippen molar-refractivity contribution in [3.63, 3.8) is 0 Å². The van der Waals surface area contributed by atoms with Crippen molar-refractivity contribution in [1.82, 2.24) is 14.8 Å². The van der Waals surface area contributed by atoms with Gasteiger partial charge in [0.25, 0.3) is 0 Å². The highest BCUT2D eigenvalue weighted by molar-refractivity contribution is 7.98. The summed E-state index contributed by atoms with van der Waals surface area (Å²) in [6, 6.07) is 13.8. The Labute approximate surface area is 131 Å². The molecule has 0 saturated heterocycles. The largest absolute Gasteiger partial charge is 0.304 e. The van der Waals surface area contributed by atoms with E-state index in [1.54, 1.807) is 23.1 Å². The van der Waals surface area contributed by atoms with Crippen LogP contribution in [0.1, 0.15) is 11.1 Å². The molecule has 6 heteroatoms. The molecule has 4 nitrogen and oxygen atoms in total. The second-order valence-electron chi connectivity index (χ2n) is 4.44. The topological polar surface area (TPSA) is 54.5 Å². The second kappa shape index (κ2) is 6.12. The molecule has 2 heterocycles. The molecule has 0 amide bonds. The molecule has 0 N–H and O–H groups in total. The van der Waals surface area contributed by atoms with Gasteiger partial charge in [0.2, 0.25) is 0 Å². The molecule has 0 unspecified atom stereocenters. The van der Waals surface area contributed by atoms with Crippen LogP contribution in [0.3, 0.4) is 0 Å². The van der Waals surface area contributed by atoms with Crippen LogP contribution in [-0.2, 0) is 12.8 Å². The lowest BCUT2D eigenvalue weighted by Crippen LogP contribution is -1.94. The SMILES string of the molecule is Cn1c(SCc2cccc(C#N)c2)nnc1-c1cccs1. The molecule has 0 aliphatic heterocycles. The molecular formula is C15H12N4S2. The first-order valence-corrected chi connectivity index (χ1v) is 8.19. The van der Waals surface area contributed by atoms with E-state index in [1.165, 1.54) is 0 Å². The van der Waals surface area contributed by atoms with E-state index in [2.05, 4.69) is 16.3 Å². The highest BCUT2D eigenvalue weighted by Gasteiger charge is 2.11. The lowest BCUT2D eigenvalue weighted by molar-refractivity contribution is 0.794. The lowest BCUT2D eigenvalue weighted by atomic mass is 10.2. The molecule has 0 spiro atoms. The van der Waals surface area contributed by atoms with Crippen LogP contribution >= 0.6 is 23.1 Å². The number of benzene rings is 1. The van der Waals surface area contributed by atoms with E-state index in [1.807, 2.05) is 53.4 Å². The summed E-state index contributed by atoms with van der Waals surface area (Å²) < 4.78 is 2.00. The van der Waals surface area contributed by atoms with Gasteiger partial charge in [-0.25, -0.2) is 0 Å². The average molecular weight is 312 g/mol. The molecule has 0 atom stereocenters. The van der Waals surface area contributed by atoms with E-state index in [4.69, 9.17) is 5.26 Å². The number of thiophene rings is 1. The van der Waals surface area contributed by atoms with Crippen LogP contribution in [0, 0.1) is 11.3 Å². The number of thioether (sulfide) groups is 1. The number of rotatable bonds is 4. The summed E-state index contributed by atoms with van der Waals surface area (Å²) >= 11 is 3.28. The zero-order valence-corrected chi connectivity index (χ0v) is 13.0. The maximum Gasteiger partial charge on any atom is 0.191 e. The Morgan fingerprint density at radius 3 is 2.95 bits per heavy atom. The predicted molar refractivity (Wildman–Crippen MR) is 85.0 cm³/mol. The molecule has 0 bridgehead atoms. The summed E-state index contributed by atoms with van der Waals surface area (Å²) in [5, 5.41) is 20.3. The minimum Gasteiger partial charge on any atom is -0.304 e. The monoisotopic (exact) mass is 312 g/mol. The van der Waals surface area contributed by atoms with Crippen LogP contribution in [0.5, 0.6) is 0 Å². The summed E-state index contributed by atoms with van der Waals surface area (Å²) in [4.78, 5) is 1.11. The van der Waals surface area contributed by atoms with E-state index in [-0.39, 0.29) is 0 Å². The maximum absolute atomic E-state index is 8.92. The quantitative estimate of drug-likeness (QED) is 0.689. The van der Waals surface area contributed by atoms with Gasteiger partial charge in [0.05, 0.1) is 16.5 Å². The van der Waals surface area contributed by atoms with Gasteiger partial charge in [0.15, 0.2) is 11.0 Å². The zero-order valence-electron chi connectivity index (χ0n) is 11.4. The predicted octanol–water partition coefficient (Wildman–Crippen LogP) is 3.71. The Morgan fingerprint density at radius 2 is 2.19 bits per heavy atom. The molecule has 104 valence electrons. The van der Waals surface area contributed by atoms with Crippen molar-refractivity contribution >= 4 is 23.1 Å². The first-order chi connectivity index (χ1) is 10.3. The van der Waals surface area contributed by atoms with Crippen molar-refractivity contribution in [2.24, 2.45) is 7.05 Å². The summed E-state index contributed by atoms with van der Waals surface area (Å²) in [6.07, 6.45) is 0. The minimum absolute atomic E-state index is 0.685. The highest BCUT2D eigenvalue weighted by Crippen LogP contribution is 2.27. The Bertz CT molecular complexity index is 784. The number of nitrogens with zero attached hydrogens (tertiary/aromatic N) is 4. The average Bonchev–Trinajstić information content (AvgIpc) is 3.15. The van der Waals surface area contributed by atoms with E-state index in [0.717, 1.165) is 27.2 Å². The summed E-state index contributed by atoms with van der Waals surface area (Å²) in [5.41, 5.74) is 1.80. The van der Waals surface area contributed by atoms with Crippen molar-refractivity contribution in [1.29, 1.82) is 5.26 Å². The van der Waals surface area contributed by atoms with E-state index >= 15 is 0 Å². The molecule has 2 aromatic heterocycles. The smallest absolute Gasteiger partial charge is 0.191 e. The minimum atomic E-state index is 0.685. The number of aromatic nitrogens is 3. The van der Waals surface area contributed by atoms with Gasteiger partial charge in [-0.1, -0.05) is 30.0 Å². The molecular weight excluding hydrogens is 300 g/mol. The Balaban J connectivity index is 1.76. The fourth-order valence-electron chi connectivity index (χ4n) is 1.94. The zero-order chi connectivity index (χ0) is 14.7. The van der Waals surface area contributed by atoms with Crippen molar-refractivity contribution < 1.29 is 0 Å². The van der Waals surface area contributed by atoms with Crippen molar-refractivity contribution in [3.8, 4) is 16.8 Å². The molecule has 0 fully saturated rings. The van der Waals surface area contributed by atoms with Gasteiger partial charge in [-0.3, -0.25) is 0 Å². The molecule has 3 aromatic rings. The van der Waals surface area contributed by atoms with Crippen molar-refractivity contribution in [2.45, 2.75) is 10.9 Å². The standard InChI is InChI=1S/C15H12N4S2/c1-19-14(13-6-3-7-20-13)17-18-15(19)21-10-12-5-2-4-11(8-12)9-16/h2-8H,10H2,1H3. The third kappa shape index (κ3) is 2.99. The van der Waals surface area contributed by atoms with Gasteiger partial charge in [-0.2, -0.15) is 5.26 Å². The van der Waals surface area contributed by atoms with Crippen molar-refractivity contribution in [2.75, 3.05) is 0 Å². The Kier molecular flexibility index (Phi) is 4.04. The first-order valence-electron chi connectivity index (χ1n) is 6.33. The van der Waals surface area contributed by atoms with Gasteiger partial charge < -0.3 is 4.57 Å². The molecule has 0 radical (unpaired) electrons. The molecule has 0 aliphatic rings. The summed E-state index contributed by atoms with van der Waals surface area (Å²) in [6.45, 7) is 0. The molecule has 1 aromatic carbocycles.